The van der Waals surface area contributed by atoms with Crippen molar-refractivity contribution in [1.82, 2.24) is 0 Å². The lowest BCUT2D eigenvalue weighted by atomic mass is 9.93. The van der Waals surface area contributed by atoms with Gasteiger partial charge in [-0.25, -0.2) is 0 Å². The lowest BCUT2D eigenvalue weighted by Crippen LogP contribution is -2.29. The van der Waals surface area contributed by atoms with Crippen molar-refractivity contribution in [2.45, 2.75) is 57.3 Å². The van der Waals surface area contributed by atoms with Gasteiger partial charge in [0.15, 0.2) is 5.79 Å². The molecule has 74 valence electrons. The molecular weight excluding hydrogens is 167 g/mol. The smallest absolute Gasteiger partial charge is 0.163 e. The van der Waals surface area contributed by atoms with Crippen LogP contribution in [0.5, 0.6) is 0 Å². The van der Waals surface area contributed by atoms with Crippen LogP contribution in [0.15, 0.2) is 0 Å². The lowest BCUT2D eigenvalue weighted by molar-refractivity contribution is -0.179. The first-order chi connectivity index (χ1) is 6.03. The third-order valence-corrected chi connectivity index (χ3v) is 2.78. The minimum Gasteiger partial charge on any atom is -0.378 e. The van der Waals surface area contributed by atoms with Gasteiger partial charge in [-0.15, -0.1) is 0 Å². The van der Waals surface area contributed by atoms with Gasteiger partial charge in [-0.2, -0.15) is 0 Å². The number of hydrogen-bond donors (Lipinski definition) is 0. The lowest BCUT2D eigenvalue weighted by Gasteiger charge is -2.22. The molecular formula is C9H17BO3. The van der Waals surface area contributed by atoms with E-state index in [0.29, 0.717) is 0 Å². The highest BCUT2D eigenvalue weighted by Crippen LogP contribution is 2.38. The van der Waals surface area contributed by atoms with Crippen LogP contribution in [0, 0.1) is 0 Å². The van der Waals surface area contributed by atoms with Crippen molar-refractivity contribution < 1.29 is 14.2 Å². The van der Waals surface area contributed by atoms with Crippen LogP contribution in [0.4, 0.5) is 0 Å². The molecule has 2 aliphatic rings. The second-order valence-electron chi connectivity index (χ2n) is 4.35. The summed E-state index contributed by atoms with van der Waals surface area (Å²) >= 11 is 0. The number of rotatable bonds is 1. The normalized spacial score (nSPS) is 47.9. The molecule has 2 rings (SSSR count). The van der Waals surface area contributed by atoms with Crippen molar-refractivity contribution in [3.8, 4) is 0 Å². The first-order valence-electron chi connectivity index (χ1n) is 5.04. The van der Waals surface area contributed by atoms with Crippen LogP contribution < -0.4 is 0 Å². The van der Waals surface area contributed by atoms with E-state index in [4.69, 9.17) is 14.2 Å². The zero-order valence-electron chi connectivity index (χ0n) is 8.74. The molecule has 2 fully saturated rings. The van der Waals surface area contributed by atoms with Gasteiger partial charge >= 0.3 is 0 Å². The standard InChI is InChI=1S/C9H17BO3/c1-4-5-6-7(8(10)11-5)13-9(2,3)12-6/h5-8H,4,10H2,1-3H3/t5-,6?,7+,8-/m1/s1. The topological polar surface area (TPSA) is 27.7 Å². The molecule has 0 aromatic carbocycles. The fraction of sp³-hybridized carbons (Fsp3) is 1.00. The Morgan fingerprint density at radius 1 is 1.23 bits per heavy atom. The predicted octanol–water partition coefficient (Wildman–Crippen LogP) is 0.274. The van der Waals surface area contributed by atoms with E-state index in [1.54, 1.807) is 0 Å². The summed E-state index contributed by atoms with van der Waals surface area (Å²) < 4.78 is 17.3. The van der Waals surface area contributed by atoms with E-state index in [1.165, 1.54) is 0 Å². The highest BCUT2D eigenvalue weighted by Gasteiger charge is 2.52. The summed E-state index contributed by atoms with van der Waals surface area (Å²) in [6, 6.07) is 0.164. The summed E-state index contributed by atoms with van der Waals surface area (Å²) in [6.07, 6.45) is 1.46. The molecule has 3 nitrogen and oxygen atoms in total. The monoisotopic (exact) mass is 184 g/mol. The predicted molar refractivity (Wildman–Crippen MR) is 51.3 cm³/mol. The van der Waals surface area contributed by atoms with Gasteiger partial charge < -0.3 is 14.2 Å². The van der Waals surface area contributed by atoms with Crippen molar-refractivity contribution >= 4 is 7.85 Å². The minimum atomic E-state index is -0.430. The van der Waals surface area contributed by atoms with E-state index >= 15 is 0 Å². The Bertz CT molecular complexity index is 207. The van der Waals surface area contributed by atoms with Crippen LogP contribution >= 0.6 is 0 Å². The van der Waals surface area contributed by atoms with E-state index < -0.39 is 5.79 Å². The van der Waals surface area contributed by atoms with Crippen LogP contribution in [0.2, 0.25) is 0 Å². The van der Waals surface area contributed by atoms with Gasteiger partial charge in [0.1, 0.15) is 20.1 Å². The van der Waals surface area contributed by atoms with E-state index in [1.807, 2.05) is 13.8 Å². The highest BCUT2D eigenvalue weighted by atomic mass is 16.8. The molecule has 2 aliphatic heterocycles. The Hall–Kier alpha value is -0.0551. The van der Waals surface area contributed by atoms with Crippen LogP contribution in [0.3, 0.4) is 0 Å². The van der Waals surface area contributed by atoms with Gasteiger partial charge in [0.25, 0.3) is 0 Å². The minimum absolute atomic E-state index is 0.125. The summed E-state index contributed by atoms with van der Waals surface area (Å²) in [4.78, 5) is 0. The molecule has 4 heteroatoms. The second kappa shape index (κ2) is 2.97. The molecule has 0 spiro atoms. The average molecular weight is 184 g/mol. The zero-order valence-corrected chi connectivity index (χ0v) is 8.74. The van der Waals surface area contributed by atoms with Gasteiger partial charge in [0.2, 0.25) is 0 Å². The van der Waals surface area contributed by atoms with E-state index in [-0.39, 0.29) is 24.3 Å². The molecule has 0 amide bonds. The number of hydrogen-bond acceptors (Lipinski definition) is 3. The van der Waals surface area contributed by atoms with Crippen molar-refractivity contribution in [1.29, 1.82) is 0 Å². The number of fused-ring (bicyclic) bond motifs is 1. The third kappa shape index (κ3) is 1.51. The molecule has 0 saturated carbocycles. The Kier molecular flexibility index (Phi) is 2.17. The fourth-order valence-electron chi connectivity index (χ4n) is 2.23. The molecule has 0 aliphatic carbocycles. The molecule has 2 heterocycles. The largest absolute Gasteiger partial charge is 0.378 e. The molecule has 0 bridgehead atoms. The Labute approximate surface area is 80.1 Å². The van der Waals surface area contributed by atoms with Crippen LogP contribution in [0.25, 0.3) is 0 Å². The molecule has 0 aromatic rings. The summed E-state index contributed by atoms with van der Waals surface area (Å²) in [6.45, 7) is 6.05. The summed E-state index contributed by atoms with van der Waals surface area (Å²) in [5.41, 5.74) is 0. The molecule has 0 radical (unpaired) electrons. The van der Waals surface area contributed by atoms with Crippen molar-refractivity contribution in [2.24, 2.45) is 0 Å². The molecule has 0 aromatic heterocycles. The van der Waals surface area contributed by atoms with E-state index in [9.17, 15) is 0 Å². The SMILES string of the molecule is B[C@@H]1O[C@H](CC)C2OC(C)(C)O[C@@H]21. The Balaban J connectivity index is 2.12. The molecule has 0 N–H and O–H groups in total. The van der Waals surface area contributed by atoms with Crippen LogP contribution in [-0.2, 0) is 14.2 Å². The molecule has 13 heavy (non-hydrogen) atoms. The Morgan fingerprint density at radius 2 is 1.85 bits per heavy atom. The maximum atomic E-state index is 5.80. The summed E-state index contributed by atoms with van der Waals surface area (Å²) in [5.74, 6) is -0.430. The molecule has 1 unspecified atom stereocenters. The van der Waals surface area contributed by atoms with Crippen molar-refractivity contribution in [3.05, 3.63) is 0 Å². The van der Waals surface area contributed by atoms with Crippen molar-refractivity contribution in [2.75, 3.05) is 0 Å². The summed E-state index contributed by atoms with van der Waals surface area (Å²) in [7, 11) is 2.05. The van der Waals surface area contributed by atoms with Gasteiger partial charge in [-0.3, -0.25) is 0 Å². The van der Waals surface area contributed by atoms with Gasteiger partial charge in [0.05, 0.1) is 12.1 Å². The maximum absolute atomic E-state index is 5.80. The van der Waals surface area contributed by atoms with E-state index in [0.717, 1.165) is 6.42 Å². The molecule has 2 saturated heterocycles. The second-order valence-corrected chi connectivity index (χ2v) is 4.35. The number of ether oxygens (including phenoxy) is 3. The van der Waals surface area contributed by atoms with Gasteiger partial charge in [0, 0.05) is 0 Å². The van der Waals surface area contributed by atoms with E-state index in [2.05, 4.69) is 14.8 Å². The zero-order chi connectivity index (χ0) is 9.64. The summed E-state index contributed by atoms with van der Waals surface area (Å²) in [5, 5.41) is 0. The van der Waals surface area contributed by atoms with Gasteiger partial charge in [-0.1, -0.05) is 6.92 Å². The maximum Gasteiger partial charge on any atom is 0.163 e. The average Bonchev–Trinajstić information content (AvgIpc) is 2.47. The first kappa shape index (κ1) is 9.50. The third-order valence-electron chi connectivity index (χ3n) is 2.78. The first-order valence-corrected chi connectivity index (χ1v) is 5.04. The Morgan fingerprint density at radius 3 is 2.46 bits per heavy atom. The molecule has 4 atom stereocenters. The van der Waals surface area contributed by atoms with Gasteiger partial charge in [-0.05, 0) is 20.3 Å². The quantitative estimate of drug-likeness (QED) is 0.547. The highest BCUT2D eigenvalue weighted by molar-refractivity contribution is 6.11. The van der Waals surface area contributed by atoms with Crippen molar-refractivity contribution in [3.63, 3.8) is 0 Å². The van der Waals surface area contributed by atoms with Crippen LogP contribution in [0.1, 0.15) is 27.2 Å². The van der Waals surface area contributed by atoms with Crippen LogP contribution in [-0.4, -0.2) is 37.9 Å². The fourth-order valence-corrected chi connectivity index (χ4v) is 2.23.